The number of halogens is 2. The van der Waals surface area contributed by atoms with Gasteiger partial charge in [-0.2, -0.15) is 0 Å². The Morgan fingerprint density at radius 2 is 1.97 bits per heavy atom. The average molecular weight is 458 g/mol. The van der Waals surface area contributed by atoms with Gasteiger partial charge in [0.05, 0.1) is 17.7 Å². The maximum Gasteiger partial charge on any atom is 0.322 e. The van der Waals surface area contributed by atoms with E-state index in [1.165, 1.54) is 18.5 Å². The van der Waals surface area contributed by atoms with Crippen LogP contribution in [0.4, 0.5) is 19.3 Å². The van der Waals surface area contributed by atoms with Gasteiger partial charge in [0.15, 0.2) is 5.54 Å². The SMILES string of the molecule is C[C@H]1CN(C(=C=O)CCC2(c3cn(C)cn3)NC(=O)NC2=O)CCN1c1cc(F)cc(F)c1. The molecule has 2 fully saturated rings. The zero-order valence-corrected chi connectivity index (χ0v) is 18.3. The molecular weight excluding hydrogens is 434 g/mol. The quantitative estimate of drug-likeness (QED) is 0.502. The van der Waals surface area contributed by atoms with Crippen LogP contribution >= 0.6 is 0 Å². The largest absolute Gasteiger partial charge is 0.365 e. The molecule has 11 heteroatoms. The molecule has 1 aromatic heterocycles. The number of nitrogens with one attached hydrogen (secondary N) is 2. The molecule has 4 rings (SSSR count). The van der Waals surface area contributed by atoms with Gasteiger partial charge in [-0.05, 0) is 25.5 Å². The number of hydrogen-bond donors (Lipinski definition) is 2. The minimum absolute atomic E-state index is 0.121. The molecule has 1 aromatic carbocycles. The highest BCUT2D eigenvalue weighted by atomic mass is 19.1. The van der Waals surface area contributed by atoms with Crippen molar-refractivity contribution in [3.63, 3.8) is 0 Å². The maximum atomic E-state index is 13.7. The Morgan fingerprint density at radius 1 is 1.24 bits per heavy atom. The number of urea groups is 1. The molecule has 2 saturated heterocycles. The second kappa shape index (κ2) is 8.67. The summed E-state index contributed by atoms with van der Waals surface area (Å²) in [6, 6.07) is 2.63. The topological polar surface area (TPSA) is 99.6 Å². The maximum absolute atomic E-state index is 13.7. The Kier molecular flexibility index (Phi) is 5.90. The molecule has 2 aromatic rings. The second-order valence-corrected chi connectivity index (χ2v) is 8.40. The van der Waals surface area contributed by atoms with Gasteiger partial charge in [0, 0.05) is 57.1 Å². The highest BCUT2D eigenvalue weighted by molar-refractivity contribution is 6.07. The van der Waals surface area contributed by atoms with E-state index < -0.39 is 29.1 Å². The van der Waals surface area contributed by atoms with E-state index in [1.807, 2.05) is 22.7 Å². The number of allylic oxidation sites excluding steroid dienone is 1. The first-order valence-corrected chi connectivity index (χ1v) is 10.6. The van der Waals surface area contributed by atoms with Crippen LogP contribution in [0.25, 0.3) is 0 Å². The Hall–Kier alpha value is -3.72. The Labute approximate surface area is 189 Å². The lowest BCUT2D eigenvalue weighted by Gasteiger charge is -2.42. The number of hydrogen-bond acceptors (Lipinski definition) is 6. The molecule has 33 heavy (non-hydrogen) atoms. The van der Waals surface area contributed by atoms with Gasteiger partial charge >= 0.3 is 6.03 Å². The normalized spacial score (nSPS) is 22.7. The van der Waals surface area contributed by atoms with Crippen molar-refractivity contribution in [2.45, 2.75) is 31.3 Å². The summed E-state index contributed by atoms with van der Waals surface area (Å²) in [6.07, 6.45) is 3.47. The summed E-state index contributed by atoms with van der Waals surface area (Å²) < 4.78 is 29.0. The van der Waals surface area contributed by atoms with Crippen molar-refractivity contribution in [1.29, 1.82) is 0 Å². The third kappa shape index (κ3) is 4.31. The number of amides is 3. The molecule has 3 heterocycles. The fourth-order valence-electron chi connectivity index (χ4n) is 4.48. The van der Waals surface area contributed by atoms with Crippen molar-refractivity contribution in [2.24, 2.45) is 7.05 Å². The fraction of sp³-hybridized carbons (Fsp3) is 0.409. The predicted molar refractivity (Wildman–Crippen MR) is 115 cm³/mol. The fourth-order valence-corrected chi connectivity index (χ4v) is 4.48. The lowest BCUT2D eigenvalue weighted by Crippen LogP contribution is -2.52. The number of aryl methyl sites for hydroxylation is 1. The van der Waals surface area contributed by atoms with E-state index >= 15 is 0 Å². The van der Waals surface area contributed by atoms with Crippen molar-refractivity contribution in [3.8, 4) is 0 Å². The molecule has 2 aliphatic rings. The number of nitrogens with zero attached hydrogens (tertiary/aromatic N) is 4. The number of carbonyl (C=O) groups excluding carboxylic acids is 3. The van der Waals surface area contributed by atoms with Crippen molar-refractivity contribution < 1.29 is 23.2 Å². The first-order valence-electron chi connectivity index (χ1n) is 10.6. The van der Waals surface area contributed by atoms with Crippen LogP contribution in [0.5, 0.6) is 0 Å². The third-order valence-electron chi connectivity index (χ3n) is 6.13. The molecule has 2 N–H and O–H groups in total. The number of aromatic nitrogens is 2. The Bertz CT molecular complexity index is 1120. The molecule has 0 aliphatic carbocycles. The first-order chi connectivity index (χ1) is 15.7. The van der Waals surface area contributed by atoms with E-state index in [0.29, 0.717) is 36.7 Å². The standard InChI is InChI=1S/C22H24F2N6O3/c1-14-10-29(5-6-30(14)18-8-15(23)7-16(24)9-18)17(12-31)3-4-22(19-11-28(2)13-25-19)20(32)26-21(33)27-22/h7-9,11,13-14H,3-6,10H2,1-2H3,(H2,26,27,32,33)/t14-,22?/m0/s1. The molecule has 2 atom stereocenters. The molecule has 0 spiro atoms. The zero-order chi connectivity index (χ0) is 23.8. The number of carbonyl (C=O) groups is 2. The van der Waals surface area contributed by atoms with E-state index in [9.17, 15) is 23.2 Å². The van der Waals surface area contributed by atoms with Crippen LogP contribution in [0, 0.1) is 11.6 Å². The minimum atomic E-state index is -1.38. The predicted octanol–water partition coefficient (Wildman–Crippen LogP) is 1.44. The van der Waals surface area contributed by atoms with E-state index in [-0.39, 0.29) is 18.9 Å². The van der Waals surface area contributed by atoms with Gasteiger partial charge in [0.25, 0.3) is 5.91 Å². The molecule has 2 aliphatic heterocycles. The smallest absolute Gasteiger partial charge is 0.322 e. The molecule has 0 bridgehead atoms. The van der Waals surface area contributed by atoms with Gasteiger partial charge in [-0.3, -0.25) is 10.1 Å². The summed E-state index contributed by atoms with van der Waals surface area (Å²) in [7, 11) is 1.75. The summed E-state index contributed by atoms with van der Waals surface area (Å²) in [5.41, 5.74) is -0.204. The van der Waals surface area contributed by atoms with Crippen LogP contribution in [-0.2, 0) is 22.2 Å². The average Bonchev–Trinajstić information content (AvgIpc) is 3.31. The van der Waals surface area contributed by atoms with Crippen molar-refractivity contribution >= 4 is 23.6 Å². The van der Waals surface area contributed by atoms with Gasteiger partial charge in [0.1, 0.15) is 17.6 Å². The number of anilines is 1. The van der Waals surface area contributed by atoms with Gasteiger partial charge in [-0.1, -0.05) is 0 Å². The molecule has 0 radical (unpaired) electrons. The number of imide groups is 1. The highest BCUT2D eigenvalue weighted by Gasteiger charge is 2.49. The Balaban J connectivity index is 1.48. The van der Waals surface area contributed by atoms with Crippen molar-refractivity contribution in [3.05, 3.63) is 53.7 Å². The van der Waals surface area contributed by atoms with Crippen LogP contribution in [0.15, 0.2) is 36.4 Å². The highest BCUT2D eigenvalue weighted by Crippen LogP contribution is 2.31. The Morgan fingerprint density at radius 3 is 2.52 bits per heavy atom. The molecule has 1 unspecified atom stereocenters. The molecule has 0 saturated carbocycles. The van der Waals surface area contributed by atoms with E-state index in [4.69, 9.17) is 0 Å². The lowest BCUT2D eigenvalue weighted by molar-refractivity contribution is -0.124. The van der Waals surface area contributed by atoms with Gasteiger partial charge in [0.2, 0.25) is 0 Å². The minimum Gasteiger partial charge on any atom is -0.365 e. The van der Waals surface area contributed by atoms with Crippen LogP contribution < -0.4 is 15.5 Å². The number of imidazole rings is 1. The monoisotopic (exact) mass is 458 g/mol. The zero-order valence-electron chi connectivity index (χ0n) is 18.3. The molecular formula is C22H24F2N6O3. The second-order valence-electron chi connectivity index (χ2n) is 8.40. The summed E-state index contributed by atoms with van der Waals surface area (Å²) in [5.74, 6) is 0.151. The van der Waals surface area contributed by atoms with Gasteiger partial charge in [-0.15, -0.1) is 0 Å². The van der Waals surface area contributed by atoms with Gasteiger partial charge < -0.3 is 19.7 Å². The molecule has 174 valence electrons. The van der Waals surface area contributed by atoms with Crippen LogP contribution in [0.2, 0.25) is 0 Å². The number of rotatable bonds is 6. The van der Waals surface area contributed by atoms with Crippen molar-refractivity contribution in [1.82, 2.24) is 25.1 Å². The van der Waals surface area contributed by atoms with Crippen LogP contribution in [-0.4, -0.2) is 58.0 Å². The van der Waals surface area contributed by atoms with E-state index in [2.05, 4.69) is 15.6 Å². The summed E-state index contributed by atoms with van der Waals surface area (Å²) in [4.78, 5) is 44.4. The first kappa shape index (κ1) is 22.5. The summed E-state index contributed by atoms with van der Waals surface area (Å²) >= 11 is 0. The van der Waals surface area contributed by atoms with Crippen LogP contribution in [0.3, 0.4) is 0 Å². The third-order valence-corrected chi connectivity index (χ3v) is 6.13. The summed E-state index contributed by atoms with van der Waals surface area (Å²) in [6.45, 7) is 3.20. The van der Waals surface area contributed by atoms with E-state index in [0.717, 1.165) is 6.07 Å². The lowest BCUT2D eigenvalue weighted by atomic mass is 9.89. The molecule has 3 amide bonds. The van der Waals surface area contributed by atoms with Crippen LogP contribution in [0.1, 0.15) is 25.5 Å². The van der Waals surface area contributed by atoms with Crippen molar-refractivity contribution in [2.75, 3.05) is 24.5 Å². The van der Waals surface area contributed by atoms with E-state index in [1.54, 1.807) is 17.8 Å². The number of benzene rings is 1. The number of piperazine rings is 1. The van der Waals surface area contributed by atoms with Gasteiger partial charge in [-0.25, -0.2) is 23.4 Å². The summed E-state index contributed by atoms with van der Waals surface area (Å²) in [5, 5.41) is 4.91. The molecule has 9 nitrogen and oxygen atoms in total.